The molecule has 0 heterocycles. The third-order valence-electron chi connectivity index (χ3n) is 1.24. The smallest absolute Gasteiger partial charge is 0.219 e. The van der Waals surface area contributed by atoms with Gasteiger partial charge in [0.05, 0.1) is 5.33 Å². The zero-order valence-corrected chi connectivity index (χ0v) is 8.72. The summed E-state index contributed by atoms with van der Waals surface area (Å²) in [6.45, 7) is 3.91. The summed E-state index contributed by atoms with van der Waals surface area (Å²) in [6, 6.07) is 0. The molecule has 72 valence electrons. The molecule has 0 rings (SSSR count). The van der Waals surface area contributed by atoms with Gasteiger partial charge in [-0.05, 0) is 13.8 Å². The fourth-order valence-corrected chi connectivity index (χ4v) is 1.31. The molecule has 0 aromatic heterocycles. The fourth-order valence-electron chi connectivity index (χ4n) is 0.758. The molecule has 0 unspecified atom stereocenters. The van der Waals surface area contributed by atoms with E-state index in [1.807, 2.05) is 0 Å². The first-order valence-corrected chi connectivity index (χ1v) is 4.80. The van der Waals surface area contributed by atoms with E-state index in [9.17, 15) is 9.90 Å². The van der Waals surface area contributed by atoms with Crippen LogP contribution in [0.15, 0.2) is 0 Å². The second-order valence-electron chi connectivity index (χ2n) is 2.04. The van der Waals surface area contributed by atoms with Crippen LogP contribution in [0.3, 0.4) is 0 Å². The van der Waals surface area contributed by atoms with E-state index < -0.39 is 11.8 Å². The Hall–Kier alpha value is -0.130. The lowest BCUT2D eigenvalue weighted by Gasteiger charge is -2.31. The summed E-state index contributed by atoms with van der Waals surface area (Å²) >= 11 is 3.00. The summed E-state index contributed by atoms with van der Waals surface area (Å²) in [5.41, 5.74) is 0. The van der Waals surface area contributed by atoms with Gasteiger partial charge in [-0.1, -0.05) is 15.9 Å². The first-order valence-electron chi connectivity index (χ1n) is 3.68. The summed E-state index contributed by atoms with van der Waals surface area (Å²) in [5.74, 6) is -2.99. The normalized spacial score (nSPS) is 11.6. The first kappa shape index (κ1) is 11.9. The Morgan fingerprint density at radius 1 is 1.42 bits per heavy atom. The van der Waals surface area contributed by atoms with E-state index in [1.165, 1.54) is 0 Å². The Morgan fingerprint density at radius 3 is 2.00 bits per heavy atom. The van der Waals surface area contributed by atoms with Crippen molar-refractivity contribution in [3.8, 4) is 0 Å². The second-order valence-corrected chi connectivity index (χ2v) is 2.60. The maximum Gasteiger partial charge on any atom is 0.219 e. The maximum absolute atomic E-state index is 10.6. The summed E-state index contributed by atoms with van der Waals surface area (Å²) < 4.78 is 9.90. The molecular formula is C7H12BrO4-. The van der Waals surface area contributed by atoms with Gasteiger partial charge in [-0.15, -0.1) is 0 Å². The van der Waals surface area contributed by atoms with Gasteiger partial charge in [0.15, 0.2) is 0 Å². The topological polar surface area (TPSA) is 58.6 Å². The van der Waals surface area contributed by atoms with Crippen molar-refractivity contribution in [2.24, 2.45) is 0 Å². The van der Waals surface area contributed by atoms with Gasteiger partial charge in [0.1, 0.15) is 5.97 Å². The molecule has 0 fully saturated rings. The van der Waals surface area contributed by atoms with E-state index in [2.05, 4.69) is 15.9 Å². The molecule has 0 bridgehead atoms. The third-order valence-corrected chi connectivity index (χ3v) is 1.98. The Labute approximate surface area is 80.0 Å². The molecule has 0 aliphatic heterocycles. The molecule has 0 aromatic rings. The van der Waals surface area contributed by atoms with E-state index >= 15 is 0 Å². The monoisotopic (exact) mass is 239 g/mol. The average molecular weight is 240 g/mol. The minimum Gasteiger partial charge on any atom is -0.544 e. The van der Waals surface area contributed by atoms with Gasteiger partial charge in [0.25, 0.3) is 0 Å². The van der Waals surface area contributed by atoms with Crippen molar-refractivity contribution in [3.05, 3.63) is 0 Å². The summed E-state index contributed by atoms with van der Waals surface area (Å²) in [5, 5.41) is 10.7. The van der Waals surface area contributed by atoms with Crippen LogP contribution in [-0.2, 0) is 14.3 Å². The zero-order valence-electron chi connectivity index (χ0n) is 7.13. The molecule has 0 atom stereocenters. The number of alkyl halides is 1. The van der Waals surface area contributed by atoms with Crippen LogP contribution in [0, 0.1) is 0 Å². The maximum atomic E-state index is 10.6. The van der Waals surface area contributed by atoms with Crippen molar-refractivity contribution < 1.29 is 19.4 Å². The summed E-state index contributed by atoms with van der Waals surface area (Å²) in [4.78, 5) is 10.6. The van der Waals surface area contributed by atoms with Crippen molar-refractivity contribution in [3.63, 3.8) is 0 Å². The molecule has 12 heavy (non-hydrogen) atoms. The van der Waals surface area contributed by atoms with Crippen LogP contribution in [0.4, 0.5) is 0 Å². The van der Waals surface area contributed by atoms with Gasteiger partial charge in [-0.3, -0.25) is 0 Å². The Balaban J connectivity index is 4.39. The number of carbonyl (C=O) groups is 1. The quantitative estimate of drug-likeness (QED) is 0.480. The highest BCUT2D eigenvalue weighted by Crippen LogP contribution is 2.15. The molecule has 0 aromatic carbocycles. The molecule has 0 N–H and O–H groups in total. The summed E-state index contributed by atoms with van der Waals surface area (Å²) in [7, 11) is 0. The lowest BCUT2D eigenvalue weighted by Crippen LogP contribution is -2.53. The zero-order chi connectivity index (χ0) is 9.61. The van der Waals surface area contributed by atoms with Crippen molar-refractivity contribution >= 4 is 21.9 Å². The largest absolute Gasteiger partial charge is 0.544 e. The number of rotatable bonds is 6. The highest BCUT2D eigenvalue weighted by molar-refractivity contribution is 9.09. The summed E-state index contributed by atoms with van der Waals surface area (Å²) in [6.07, 6.45) is 0. The van der Waals surface area contributed by atoms with Gasteiger partial charge in [-0.25, -0.2) is 0 Å². The minimum atomic E-state index is -1.64. The number of carboxylic acid groups (broad SMARTS) is 1. The highest BCUT2D eigenvalue weighted by Gasteiger charge is 2.31. The van der Waals surface area contributed by atoms with Crippen molar-refractivity contribution in [2.45, 2.75) is 19.6 Å². The molecule has 0 aliphatic rings. The molecule has 0 saturated heterocycles. The molecular weight excluding hydrogens is 228 g/mol. The van der Waals surface area contributed by atoms with Crippen LogP contribution in [-0.4, -0.2) is 30.3 Å². The van der Waals surface area contributed by atoms with E-state index in [0.717, 1.165) is 0 Å². The van der Waals surface area contributed by atoms with Gasteiger partial charge in [0, 0.05) is 13.2 Å². The van der Waals surface area contributed by atoms with Crippen molar-refractivity contribution in [2.75, 3.05) is 18.5 Å². The highest BCUT2D eigenvalue weighted by atomic mass is 79.9. The predicted octanol–water partition coefficient (Wildman–Crippen LogP) is -0.0995. The van der Waals surface area contributed by atoms with Gasteiger partial charge >= 0.3 is 0 Å². The Bertz CT molecular complexity index is 142. The van der Waals surface area contributed by atoms with Crippen LogP contribution in [0.25, 0.3) is 0 Å². The van der Waals surface area contributed by atoms with Crippen molar-refractivity contribution in [1.82, 2.24) is 0 Å². The van der Waals surface area contributed by atoms with E-state index in [4.69, 9.17) is 9.47 Å². The lowest BCUT2D eigenvalue weighted by atomic mass is 10.3. The molecule has 0 spiro atoms. The Morgan fingerprint density at radius 2 is 1.83 bits per heavy atom. The number of hydrogen-bond acceptors (Lipinski definition) is 4. The number of hydrogen-bond donors (Lipinski definition) is 0. The molecule has 0 amide bonds. The van der Waals surface area contributed by atoms with Crippen LogP contribution in [0.5, 0.6) is 0 Å². The number of ether oxygens (including phenoxy) is 2. The van der Waals surface area contributed by atoms with Gasteiger partial charge < -0.3 is 19.4 Å². The SMILES string of the molecule is CCOC(CBr)(OCC)C(=O)[O-]. The molecule has 4 nitrogen and oxygen atoms in total. The van der Waals surface area contributed by atoms with E-state index in [0.29, 0.717) is 0 Å². The van der Waals surface area contributed by atoms with Crippen LogP contribution < -0.4 is 5.11 Å². The second kappa shape index (κ2) is 5.50. The molecule has 5 heteroatoms. The molecule has 0 saturated carbocycles. The average Bonchev–Trinajstić information content (AvgIpc) is 2.03. The first-order chi connectivity index (χ1) is 5.63. The van der Waals surface area contributed by atoms with Gasteiger partial charge in [-0.2, -0.15) is 0 Å². The molecule has 0 radical (unpaired) electrons. The number of aliphatic carboxylic acids is 1. The van der Waals surface area contributed by atoms with Crippen LogP contribution >= 0.6 is 15.9 Å². The van der Waals surface area contributed by atoms with Crippen LogP contribution in [0.1, 0.15) is 13.8 Å². The predicted molar refractivity (Wildman–Crippen MR) is 44.8 cm³/mol. The lowest BCUT2D eigenvalue weighted by molar-refractivity contribution is -0.353. The van der Waals surface area contributed by atoms with E-state index in [1.54, 1.807) is 13.8 Å². The number of carbonyl (C=O) groups excluding carboxylic acids is 1. The van der Waals surface area contributed by atoms with Crippen LogP contribution in [0.2, 0.25) is 0 Å². The minimum absolute atomic E-state index is 0.0595. The molecule has 0 aliphatic carbocycles. The van der Waals surface area contributed by atoms with Crippen molar-refractivity contribution in [1.29, 1.82) is 0 Å². The standard InChI is InChI=1S/C7H13BrO4/c1-3-11-7(5-8,6(9)10)12-4-2/h3-5H2,1-2H3,(H,9,10)/p-1. The number of halogens is 1. The Kier molecular flexibility index (Phi) is 5.44. The van der Waals surface area contributed by atoms with Gasteiger partial charge in [0.2, 0.25) is 5.79 Å². The van der Waals surface area contributed by atoms with E-state index in [-0.39, 0.29) is 18.5 Å². The fraction of sp³-hybridized carbons (Fsp3) is 0.857. The third kappa shape index (κ3) is 2.73. The number of carboxylic acids is 1.